The van der Waals surface area contributed by atoms with Crippen molar-refractivity contribution in [2.24, 2.45) is 0 Å². The topological polar surface area (TPSA) is 72.8 Å². The zero-order valence-electron chi connectivity index (χ0n) is 14.1. The Morgan fingerprint density at radius 1 is 1.08 bits per heavy atom. The summed E-state index contributed by atoms with van der Waals surface area (Å²) in [5, 5.41) is 4.75. The van der Waals surface area contributed by atoms with Gasteiger partial charge in [-0.1, -0.05) is 36.4 Å². The number of nitrogens with one attached hydrogen (secondary N) is 1. The number of H-pyrrole nitrogens is 1. The van der Waals surface area contributed by atoms with Crippen LogP contribution in [-0.2, 0) is 0 Å². The first kappa shape index (κ1) is 15.8. The van der Waals surface area contributed by atoms with E-state index in [1.54, 1.807) is 17.9 Å². The van der Waals surface area contributed by atoms with Crippen molar-refractivity contribution in [3.63, 3.8) is 0 Å². The standard InChI is InChI=1S/C20H16N4O2/c1-26-16-9-5-6-14(12-16)10-11-18-22-19-17(20(25)23-18)13-21-24(19)15-7-3-2-4-8-15/h2-13H,1H3,(H,22,23,25)/b11-10+. The van der Waals surface area contributed by atoms with Crippen LogP contribution in [0.3, 0.4) is 0 Å². The summed E-state index contributed by atoms with van der Waals surface area (Å²) in [6.45, 7) is 0. The monoisotopic (exact) mass is 344 g/mol. The van der Waals surface area contributed by atoms with E-state index in [-0.39, 0.29) is 5.56 Å². The second kappa shape index (κ2) is 6.68. The van der Waals surface area contributed by atoms with Gasteiger partial charge in [0, 0.05) is 0 Å². The third-order valence-corrected chi connectivity index (χ3v) is 3.98. The minimum absolute atomic E-state index is 0.220. The molecule has 0 saturated heterocycles. The third kappa shape index (κ3) is 3.00. The van der Waals surface area contributed by atoms with Gasteiger partial charge in [0.2, 0.25) is 0 Å². The number of nitrogens with zero attached hydrogens (tertiary/aromatic N) is 3. The highest BCUT2D eigenvalue weighted by atomic mass is 16.5. The Morgan fingerprint density at radius 2 is 1.92 bits per heavy atom. The number of hydrogen-bond acceptors (Lipinski definition) is 4. The zero-order valence-corrected chi connectivity index (χ0v) is 14.1. The molecule has 6 heteroatoms. The van der Waals surface area contributed by atoms with Gasteiger partial charge in [-0.25, -0.2) is 9.67 Å². The van der Waals surface area contributed by atoms with Crippen molar-refractivity contribution in [3.8, 4) is 11.4 Å². The van der Waals surface area contributed by atoms with Gasteiger partial charge in [0.15, 0.2) is 5.65 Å². The van der Waals surface area contributed by atoms with Crippen molar-refractivity contribution in [1.82, 2.24) is 19.7 Å². The molecule has 2 aromatic heterocycles. The highest BCUT2D eigenvalue weighted by Gasteiger charge is 2.10. The molecular weight excluding hydrogens is 328 g/mol. The first-order valence-corrected chi connectivity index (χ1v) is 8.10. The largest absolute Gasteiger partial charge is 0.497 e. The van der Waals surface area contributed by atoms with E-state index >= 15 is 0 Å². The number of aromatic amines is 1. The molecule has 0 atom stereocenters. The van der Waals surface area contributed by atoms with Gasteiger partial charge in [-0.15, -0.1) is 0 Å². The molecule has 1 N–H and O–H groups in total. The average molecular weight is 344 g/mol. The minimum Gasteiger partial charge on any atom is -0.497 e. The Labute approximate surface area is 149 Å². The van der Waals surface area contributed by atoms with E-state index in [0.29, 0.717) is 16.9 Å². The lowest BCUT2D eigenvalue weighted by Crippen LogP contribution is -2.10. The summed E-state index contributed by atoms with van der Waals surface area (Å²) >= 11 is 0. The smallest absolute Gasteiger partial charge is 0.262 e. The van der Waals surface area contributed by atoms with Gasteiger partial charge >= 0.3 is 0 Å². The number of fused-ring (bicyclic) bond motifs is 1. The Balaban J connectivity index is 1.76. The number of hydrogen-bond donors (Lipinski definition) is 1. The van der Waals surface area contributed by atoms with Crippen LogP contribution in [0.5, 0.6) is 5.75 Å². The number of ether oxygens (including phenoxy) is 1. The number of aromatic nitrogens is 4. The van der Waals surface area contributed by atoms with Crippen molar-refractivity contribution >= 4 is 23.2 Å². The molecule has 0 amide bonds. The molecule has 0 radical (unpaired) electrons. The van der Waals surface area contributed by atoms with Crippen LogP contribution in [-0.4, -0.2) is 26.9 Å². The van der Waals surface area contributed by atoms with Crippen molar-refractivity contribution in [2.75, 3.05) is 7.11 Å². The average Bonchev–Trinajstić information content (AvgIpc) is 3.12. The van der Waals surface area contributed by atoms with Gasteiger partial charge in [-0.05, 0) is 35.9 Å². The van der Waals surface area contributed by atoms with Crippen molar-refractivity contribution in [1.29, 1.82) is 0 Å². The highest BCUT2D eigenvalue weighted by Crippen LogP contribution is 2.16. The molecule has 2 aromatic carbocycles. The molecule has 4 aromatic rings. The van der Waals surface area contributed by atoms with E-state index < -0.39 is 0 Å². The highest BCUT2D eigenvalue weighted by molar-refractivity contribution is 5.77. The lowest BCUT2D eigenvalue weighted by molar-refractivity contribution is 0.414. The molecule has 26 heavy (non-hydrogen) atoms. The quantitative estimate of drug-likeness (QED) is 0.616. The van der Waals surface area contributed by atoms with E-state index in [1.807, 2.05) is 60.7 Å². The maximum Gasteiger partial charge on any atom is 0.262 e. The maximum absolute atomic E-state index is 12.4. The number of rotatable bonds is 4. The van der Waals surface area contributed by atoms with Gasteiger partial charge in [-0.2, -0.15) is 5.10 Å². The Bertz CT molecular complexity index is 1140. The van der Waals surface area contributed by atoms with E-state index in [2.05, 4.69) is 15.1 Å². The predicted octanol–water partition coefficient (Wildman–Crippen LogP) is 3.29. The van der Waals surface area contributed by atoms with E-state index in [1.165, 1.54) is 6.20 Å². The van der Waals surface area contributed by atoms with E-state index in [0.717, 1.165) is 17.0 Å². The Morgan fingerprint density at radius 3 is 2.73 bits per heavy atom. The van der Waals surface area contributed by atoms with Crippen LogP contribution in [0.25, 0.3) is 28.9 Å². The lowest BCUT2D eigenvalue weighted by atomic mass is 10.2. The molecule has 0 bridgehead atoms. The van der Waals surface area contributed by atoms with Gasteiger partial charge in [0.05, 0.1) is 19.0 Å². The van der Waals surface area contributed by atoms with Crippen LogP contribution in [0, 0.1) is 0 Å². The number of benzene rings is 2. The van der Waals surface area contributed by atoms with Crippen LogP contribution in [0.2, 0.25) is 0 Å². The van der Waals surface area contributed by atoms with E-state index in [4.69, 9.17) is 4.74 Å². The molecule has 0 saturated carbocycles. The second-order valence-electron chi connectivity index (χ2n) is 5.69. The summed E-state index contributed by atoms with van der Waals surface area (Å²) in [6, 6.07) is 17.2. The Kier molecular flexibility index (Phi) is 4.07. The Hall–Kier alpha value is -3.67. The summed E-state index contributed by atoms with van der Waals surface area (Å²) in [7, 11) is 1.63. The fourth-order valence-corrected chi connectivity index (χ4v) is 2.69. The van der Waals surface area contributed by atoms with Crippen LogP contribution in [0.4, 0.5) is 0 Å². The summed E-state index contributed by atoms with van der Waals surface area (Å²) in [5.74, 6) is 1.23. The molecule has 0 unspecified atom stereocenters. The van der Waals surface area contributed by atoms with Gasteiger partial charge in [0.25, 0.3) is 5.56 Å². The van der Waals surface area contributed by atoms with Crippen LogP contribution in [0.15, 0.2) is 65.6 Å². The molecule has 4 rings (SSSR count). The fourth-order valence-electron chi connectivity index (χ4n) is 2.69. The summed E-state index contributed by atoms with van der Waals surface area (Å²) in [5.41, 5.74) is 2.10. The summed E-state index contributed by atoms with van der Waals surface area (Å²) in [4.78, 5) is 19.7. The SMILES string of the molecule is COc1cccc(/C=C/c2nc3c(cnn3-c3ccccc3)c(=O)[nH]2)c1. The molecule has 0 fully saturated rings. The first-order valence-electron chi connectivity index (χ1n) is 8.10. The molecule has 2 heterocycles. The normalized spacial score (nSPS) is 11.3. The molecule has 128 valence electrons. The summed E-state index contributed by atoms with van der Waals surface area (Å²) in [6.07, 6.45) is 5.16. The lowest BCUT2D eigenvalue weighted by Gasteiger charge is -2.03. The molecule has 6 nitrogen and oxygen atoms in total. The van der Waals surface area contributed by atoms with Crippen molar-refractivity contribution in [3.05, 3.63) is 82.5 Å². The molecule has 0 aliphatic rings. The summed E-state index contributed by atoms with van der Waals surface area (Å²) < 4.78 is 6.88. The predicted molar refractivity (Wildman–Crippen MR) is 101 cm³/mol. The van der Waals surface area contributed by atoms with Crippen molar-refractivity contribution in [2.45, 2.75) is 0 Å². The second-order valence-corrected chi connectivity index (χ2v) is 5.69. The van der Waals surface area contributed by atoms with Crippen molar-refractivity contribution < 1.29 is 4.74 Å². The van der Waals surface area contributed by atoms with Gasteiger partial charge in [0.1, 0.15) is 17.0 Å². The number of para-hydroxylation sites is 1. The van der Waals surface area contributed by atoms with Crippen LogP contribution in [0.1, 0.15) is 11.4 Å². The fraction of sp³-hybridized carbons (Fsp3) is 0.0500. The molecule has 0 aliphatic carbocycles. The first-order chi connectivity index (χ1) is 12.7. The zero-order chi connectivity index (χ0) is 17.9. The minimum atomic E-state index is -0.220. The third-order valence-electron chi connectivity index (χ3n) is 3.98. The van der Waals surface area contributed by atoms with Gasteiger partial charge < -0.3 is 9.72 Å². The number of methoxy groups -OCH3 is 1. The van der Waals surface area contributed by atoms with Gasteiger partial charge in [-0.3, -0.25) is 4.79 Å². The van der Waals surface area contributed by atoms with Crippen LogP contribution >= 0.6 is 0 Å². The van der Waals surface area contributed by atoms with E-state index in [9.17, 15) is 4.79 Å². The molecule has 0 spiro atoms. The molecular formula is C20H16N4O2. The molecule has 0 aliphatic heterocycles. The van der Waals surface area contributed by atoms with Crippen LogP contribution < -0.4 is 10.3 Å². The maximum atomic E-state index is 12.4.